The van der Waals surface area contributed by atoms with Crippen LogP contribution in [-0.2, 0) is 0 Å². The number of benzene rings is 12. The molecular formula is C78H50N4. The lowest BCUT2D eigenvalue weighted by Gasteiger charge is -2.24. The molecule has 4 nitrogen and oxygen atoms in total. The van der Waals surface area contributed by atoms with Gasteiger partial charge in [-0.05, 0) is 123 Å². The summed E-state index contributed by atoms with van der Waals surface area (Å²) < 4.78 is 0. The molecule has 0 fully saturated rings. The van der Waals surface area contributed by atoms with Crippen molar-refractivity contribution in [1.29, 1.82) is 10.5 Å². The van der Waals surface area contributed by atoms with Crippen LogP contribution < -0.4 is 0 Å². The van der Waals surface area contributed by atoms with E-state index >= 15 is 0 Å². The van der Waals surface area contributed by atoms with E-state index in [1.165, 1.54) is 0 Å². The van der Waals surface area contributed by atoms with Gasteiger partial charge in [-0.1, -0.05) is 291 Å². The molecule has 13 rings (SSSR count). The lowest BCUT2D eigenvalue weighted by atomic mass is 9.78. The molecule has 0 bridgehead atoms. The second-order valence-corrected chi connectivity index (χ2v) is 20.1. The summed E-state index contributed by atoms with van der Waals surface area (Å²) in [6.07, 6.45) is 0. The maximum absolute atomic E-state index is 10.4. The number of nitrogens with zero attached hydrogens (tertiary/aromatic N) is 4. The van der Waals surface area contributed by atoms with E-state index in [0.717, 1.165) is 122 Å². The van der Waals surface area contributed by atoms with E-state index in [-0.39, 0.29) is 11.4 Å². The Labute approximate surface area is 478 Å². The number of nitriles is 2. The zero-order valence-electron chi connectivity index (χ0n) is 44.7. The van der Waals surface area contributed by atoms with Gasteiger partial charge in [0.2, 0.25) is 0 Å². The van der Waals surface area contributed by atoms with E-state index in [1.807, 2.05) is 0 Å². The molecule has 0 N–H and O–H groups in total. The highest BCUT2D eigenvalue weighted by atomic mass is 14.9. The van der Waals surface area contributed by atoms with Crippen LogP contribution >= 0.6 is 0 Å². The SMILES string of the molecule is N#Cc1nc(-c2ccc(-c3cc(-c4ccccc4)c(-c4ccccc4)c(-c4ccccc4)c3-c3ccccc3)cc2)c(-c2ccc(-c3cc(-c4ccccc4)c(-c4ccccc4)c(-c4ccccc4)c3-c3ccccc3)cc2)nc1C#N. The first-order valence-electron chi connectivity index (χ1n) is 27.4. The van der Waals surface area contributed by atoms with Gasteiger partial charge in [-0.25, -0.2) is 9.97 Å². The third kappa shape index (κ3) is 9.64. The summed E-state index contributed by atoms with van der Waals surface area (Å²) in [4.78, 5) is 9.89. The van der Waals surface area contributed by atoms with Gasteiger partial charge in [-0.2, -0.15) is 10.5 Å². The first-order chi connectivity index (χ1) is 40.6. The van der Waals surface area contributed by atoms with E-state index in [4.69, 9.17) is 9.97 Å². The molecule has 13 aromatic rings. The number of hydrogen-bond donors (Lipinski definition) is 0. The fourth-order valence-corrected chi connectivity index (χ4v) is 11.5. The molecule has 0 unspecified atom stereocenters. The number of rotatable bonds is 12. The third-order valence-electron chi connectivity index (χ3n) is 15.2. The van der Waals surface area contributed by atoms with E-state index in [1.54, 1.807) is 0 Å². The van der Waals surface area contributed by atoms with Crippen LogP contribution in [0.15, 0.2) is 303 Å². The van der Waals surface area contributed by atoms with Gasteiger partial charge in [0.15, 0.2) is 11.4 Å². The van der Waals surface area contributed by atoms with Gasteiger partial charge in [0.25, 0.3) is 0 Å². The summed E-state index contributed by atoms with van der Waals surface area (Å²) in [5.41, 5.74) is 24.5. The molecule has 82 heavy (non-hydrogen) atoms. The molecule has 382 valence electrons. The van der Waals surface area contributed by atoms with Gasteiger partial charge >= 0.3 is 0 Å². The van der Waals surface area contributed by atoms with Crippen LogP contribution in [0.2, 0.25) is 0 Å². The van der Waals surface area contributed by atoms with Crippen molar-refractivity contribution in [2.75, 3.05) is 0 Å². The Bertz CT molecular complexity index is 4190. The minimum absolute atomic E-state index is 0.0299. The molecule has 0 aliphatic rings. The highest BCUT2D eigenvalue weighted by Crippen LogP contribution is 2.52. The Morgan fingerprint density at radius 3 is 0.598 bits per heavy atom. The van der Waals surface area contributed by atoms with Gasteiger partial charge in [0, 0.05) is 11.1 Å². The molecular weight excluding hydrogens is 993 g/mol. The molecule has 0 saturated carbocycles. The predicted octanol–water partition coefficient (Wildman–Crippen LogP) is 20.2. The Hall–Kier alpha value is -11.3. The monoisotopic (exact) mass is 1040 g/mol. The molecule has 1 heterocycles. The summed E-state index contributed by atoms with van der Waals surface area (Å²) in [7, 11) is 0. The van der Waals surface area contributed by atoms with Gasteiger partial charge in [0.05, 0.1) is 11.4 Å². The van der Waals surface area contributed by atoms with Crippen LogP contribution in [0.4, 0.5) is 0 Å². The van der Waals surface area contributed by atoms with E-state index < -0.39 is 0 Å². The highest BCUT2D eigenvalue weighted by molar-refractivity contribution is 6.09. The average Bonchev–Trinajstić information content (AvgIpc) is 2.15. The maximum atomic E-state index is 10.4. The van der Waals surface area contributed by atoms with Crippen molar-refractivity contribution in [3.05, 3.63) is 315 Å². The Kier molecular flexibility index (Phi) is 13.8. The lowest BCUT2D eigenvalue weighted by molar-refractivity contribution is 1.14. The standard InChI is InChI=1S/C78H50N4/c79-51-69-70(52-80)82-78(64-47-43-56(44-48-64)68-50-66(54-27-11-2-12-28-54)72(58-31-15-4-16-32-58)76(62-39-23-8-24-40-62)74(68)60-35-19-6-20-36-60)77(81-69)63-45-41-55(42-46-63)67-49-65(53-25-9-1-10-26-53)71(57-29-13-3-14-30-57)75(61-37-21-7-22-38-61)73(67)59-33-17-5-18-34-59/h1-50H. The summed E-state index contributed by atoms with van der Waals surface area (Å²) in [5, 5.41) is 20.9. The molecule has 0 aliphatic carbocycles. The average molecular weight is 1040 g/mol. The van der Waals surface area contributed by atoms with Gasteiger partial charge < -0.3 is 0 Å². The second kappa shape index (κ2) is 22.6. The fourth-order valence-electron chi connectivity index (χ4n) is 11.5. The van der Waals surface area contributed by atoms with Gasteiger partial charge in [-0.3, -0.25) is 0 Å². The third-order valence-corrected chi connectivity index (χ3v) is 15.2. The summed E-state index contributed by atoms with van der Waals surface area (Å²) in [6, 6.07) is 111. The molecule has 0 spiro atoms. The normalized spacial score (nSPS) is 10.9. The van der Waals surface area contributed by atoms with Crippen LogP contribution in [0.25, 0.3) is 134 Å². The van der Waals surface area contributed by atoms with Gasteiger partial charge in [-0.15, -0.1) is 0 Å². The molecule has 0 saturated heterocycles. The molecule has 1 aromatic heterocycles. The zero-order chi connectivity index (χ0) is 55.2. The smallest absolute Gasteiger partial charge is 0.177 e. The van der Waals surface area contributed by atoms with E-state index in [9.17, 15) is 10.5 Å². The van der Waals surface area contributed by atoms with Crippen molar-refractivity contribution in [1.82, 2.24) is 9.97 Å². The first-order valence-corrected chi connectivity index (χ1v) is 27.4. The quantitative estimate of drug-likeness (QED) is 0.122. The molecule has 0 atom stereocenters. The zero-order valence-corrected chi connectivity index (χ0v) is 44.7. The molecule has 0 aliphatic heterocycles. The summed E-state index contributed by atoms with van der Waals surface area (Å²) in [6.45, 7) is 0. The van der Waals surface area contributed by atoms with Crippen molar-refractivity contribution in [2.45, 2.75) is 0 Å². The largest absolute Gasteiger partial charge is 0.232 e. The Balaban J connectivity index is 0.991. The van der Waals surface area contributed by atoms with Crippen molar-refractivity contribution in [3.8, 4) is 146 Å². The minimum atomic E-state index is -0.0299. The predicted molar refractivity (Wildman–Crippen MR) is 337 cm³/mol. The molecule has 0 radical (unpaired) electrons. The van der Waals surface area contributed by atoms with Crippen LogP contribution in [0.1, 0.15) is 11.4 Å². The van der Waals surface area contributed by atoms with Crippen LogP contribution in [0.5, 0.6) is 0 Å². The van der Waals surface area contributed by atoms with Crippen LogP contribution in [0.3, 0.4) is 0 Å². The Morgan fingerprint density at radius 2 is 0.378 bits per heavy atom. The summed E-state index contributed by atoms with van der Waals surface area (Å²) >= 11 is 0. The van der Waals surface area contributed by atoms with Crippen LogP contribution in [-0.4, -0.2) is 9.97 Å². The van der Waals surface area contributed by atoms with Crippen molar-refractivity contribution in [3.63, 3.8) is 0 Å². The number of aromatic nitrogens is 2. The van der Waals surface area contributed by atoms with Crippen molar-refractivity contribution in [2.24, 2.45) is 0 Å². The number of hydrogen-bond acceptors (Lipinski definition) is 4. The molecule has 4 heteroatoms. The van der Waals surface area contributed by atoms with Crippen LogP contribution in [0, 0.1) is 22.7 Å². The van der Waals surface area contributed by atoms with Gasteiger partial charge in [0.1, 0.15) is 12.1 Å². The minimum Gasteiger partial charge on any atom is -0.232 e. The molecule has 0 amide bonds. The first kappa shape index (κ1) is 50.2. The highest BCUT2D eigenvalue weighted by Gasteiger charge is 2.27. The topological polar surface area (TPSA) is 73.4 Å². The second-order valence-electron chi connectivity index (χ2n) is 20.1. The lowest BCUT2D eigenvalue weighted by Crippen LogP contribution is -2.01. The van der Waals surface area contributed by atoms with Crippen molar-refractivity contribution < 1.29 is 0 Å². The van der Waals surface area contributed by atoms with Crippen molar-refractivity contribution >= 4 is 0 Å². The Morgan fingerprint density at radius 1 is 0.195 bits per heavy atom. The molecule has 12 aromatic carbocycles. The fraction of sp³-hybridized carbons (Fsp3) is 0. The van der Waals surface area contributed by atoms with E-state index in [2.05, 4.69) is 315 Å². The summed E-state index contributed by atoms with van der Waals surface area (Å²) in [5.74, 6) is 0. The maximum Gasteiger partial charge on any atom is 0.177 e. The van der Waals surface area contributed by atoms with E-state index in [0.29, 0.717) is 11.4 Å².